The highest BCUT2D eigenvalue weighted by Gasteiger charge is 2.48. The van der Waals surface area contributed by atoms with Crippen LogP contribution in [0.5, 0.6) is 0 Å². The van der Waals surface area contributed by atoms with E-state index >= 15 is 0 Å². The zero-order valence-electron chi connectivity index (χ0n) is 10.5. The van der Waals surface area contributed by atoms with E-state index in [1.54, 1.807) is 0 Å². The van der Waals surface area contributed by atoms with Crippen molar-refractivity contribution in [1.29, 1.82) is 5.26 Å². The molecule has 5 heteroatoms. The molecule has 2 aliphatic rings. The Morgan fingerprint density at radius 2 is 1.75 bits per heavy atom. The van der Waals surface area contributed by atoms with Crippen LogP contribution in [-0.2, 0) is 9.59 Å². The Bertz CT molecular complexity index is 649. The molecule has 0 radical (unpaired) electrons. The van der Waals surface area contributed by atoms with Crippen LogP contribution in [0.1, 0.15) is 18.4 Å². The van der Waals surface area contributed by atoms with E-state index in [0.717, 1.165) is 17.0 Å². The Morgan fingerprint density at radius 3 is 2.30 bits per heavy atom. The van der Waals surface area contributed by atoms with Crippen molar-refractivity contribution in [3.05, 3.63) is 41.7 Å². The summed E-state index contributed by atoms with van der Waals surface area (Å²) in [5, 5.41) is 9.06. The molecule has 0 spiro atoms. The average Bonchev–Trinajstić information content (AvgIpc) is 2.72. The maximum Gasteiger partial charge on any atom is 0.238 e. The van der Waals surface area contributed by atoms with Gasteiger partial charge in [0.2, 0.25) is 11.8 Å². The first-order valence-corrected chi connectivity index (χ1v) is 6.36. The summed E-state index contributed by atoms with van der Waals surface area (Å²) in [5.41, 5.74) is 0.177. The quantitative estimate of drug-likeness (QED) is 0.580. The van der Waals surface area contributed by atoms with E-state index in [2.05, 4.69) is 0 Å². The van der Waals surface area contributed by atoms with Crippen LogP contribution in [0, 0.1) is 29.0 Å². The van der Waals surface area contributed by atoms with E-state index in [-0.39, 0.29) is 34.9 Å². The Kier molecular flexibility index (Phi) is 2.87. The van der Waals surface area contributed by atoms with Gasteiger partial charge in [-0.3, -0.25) is 9.59 Å². The molecule has 100 valence electrons. The number of anilines is 1. The molecular formula is C15H11FN2O2. The first-order chi connectivity index (χ1) is 9.63. The monoisotopic (exact) mass is 270 g/mol. The van der Waals surface area contributed by atoms with Gasteiger partial charge >= 0.3 is 0 Å². The third-order valence-electron chi connectivity index (χ3n) is 3.83. The fourth-order valence-electron chi connectivity index (χ4n) is 2.83. The van der Waals surface area contributed by atoms with Crippen molar-refractivity contribution in [1.82, 2.24) is 0 Å². The highest BCUT2D eigenvalue weighted by molar-refractivity contribution is 6.22. The van der Waals surface area contributed by atoms with Gasteiger partial charge in [0.15, 0.2) is 0 Å². The Hall–Kier alpha value is -2.48. The fourth-order valence-corrected chi connectivity index (χ4v) is 2.83. The molecule has 1 aromatic carbocycles. The second-order valence-electron chi connectivity index (χ2n) is 4.94. The normalized spacial score (nSPS) is 24.7. The molecule has 2 atom stereocenters. The van der Waals surface area contributed by atoms with E-state index in [9.17, 15) is 14.0 Å². The van der Waals surface area contributed by atoms with E-state index in [0.29, 0.717) is 12.8 Å². The molecule has 1 aromatic rings. The van der Waals surface area contributed by atoms with Crippen molar-refractivity contribution in [2.75, 3.05) is 4.90 Å². The van der Waals surface area contributed by atoms with Gasteiger partial charge in [0.25, 0.3) is 0 Å². The summed E-state index contributed by atoms with van der Waals surface area (Å²) in [4.78, 5) is 25.8. The van der Waals surface area contributed by atoms with Gasteiger partial charge in [-0.1, -0.05) is 12.2 Å². The molecule has 1 heterocycles. The minimum absolute atomic E-state index is 0.00157. The number of benzene rings is 1. The van der Waals surface area contributed by atoms with Crippen LogP contribution in [0.2, 0.25) is 0 Å². The Balaban J connectivity index is 2.06. The Labute approximate surface area is 115 Å². The molecule has 20 heavy (non-hydrogen) atoms. The zero-order valence-corrected chi connectivity index (χ0v) is 10.5. The number of fused-ring (bicyclic) bond motifs is 1. The molecular weight excluding hydrogens is 259 g/mol. The summed E-state index contributed by atoms with van der Waals surface area (Å²) in [6.45, 7) is 0. The van der Waals surface area contributed by atoms with Crippen molar-refractivity contribution in [3.8, 4) is 6.07 Å². The topological polar surface area (TPSA) is 61.2 Å². The number of amides is 2. The third-order valence-corrected chi connectivity index (χ3v) is 3.83. The molecule has 1 aliphatic carbocycles. The molecule has 0 N–H and O–H groups in total. The number of carbonyl (C=O) groups is 2. The lowest BCUT2D eigenvalue weighted by molar-refractivity contribution is -0.122. The number of nitriles is 1. The summed E-state index contributed by atoms with van der Waals surface area (Å²) < 4.78 is 13.2. The summed E-state index contributed by atoms with van der Waals surface area (Å²) in [6.07, 6.45) is 4.86. The number of hydrogen-bond donors (Lipinski definition) is 0. The molecule has 2 unspecified atom stereocenters. The summed E-state index contributed by atoms with van der Waals surface area (Å²) in [7, 11) is 0. The number of imide groups is 1. The van der Waals surface area contributed by atoms with Crippen LogP contribution < -0.4 is 4.90 Å². The van der Waals surface area contributed by atoms with Crippen molar-refractivity contribution in [3.63, 3.8) is 0 Å². The van der Waals surface area contributed by atoms with Gasteiger partial charge in [-0.05, 0) is 31.0 Å². The number of hydrogen-bond acceptors (Lipinski definition) is 3. The fraction of sp³-hybridized carbons (Fsp3) is 0.267. The van der Waals surface area contributed by atoms with Crippen LogP contribution >= 0.6 is 0 Å². The van der Waals surface area contributed by atoms with Crippen molar-refractivity contribution in [2.24, 2.45) is 11.8 Å². The second kappa shape index (κ2) is 4.57. The summed E-state index contributed by atoms with van der Waals surface area (Å²) >= 11 is 0. The molecule has 1 aliphatic heterocycles. The minimum Gasteiger partial charge on any atom is -0.274 e. The molecule has 0 aromatic heterocycles. The molecule has 0 saturated carbocycles. The SMILES string of the molecule is N#Cc1cc(F)ccc1N1C(=O)C2CC=CCC2C1=O. The molecule has 2 amide bonds. The third kappa shape index (κ3) is 1.73. The number of carbonyl (C=O) groups excluding carboxylic acids is 2. The molecule has 3 rings (SSSR count). The predicted octanol–water partition coefficient (Wildman–Crippen LogP) is 2.15. The van der Waals surface area contributed by atoms with Gasteiger partial charge in [0.05, 0.1) is 23.1 Å². The number of rotatable bonds is 1. The van der Waals surface area contributed by atoms with E-state index in [1.165, 1.54) is 6.07 Å². The lowest BCUT2D eigenvalue weighted by atomic mass is 9.85. The summed E-state index contributed by atoms with van der Waals surface area (Å²) in [5.74, 6) is -1.88. The number of nitrogens with zero attached hydrogens (tertiary/aromatic N) is 2. The molecule has 1 fully saturated rings. The molecule has 4 nitrogen and oxygen atoms in total. The average molecular weight is 270 g/mol. The van der Waals surface area contributed by atoms with Gasteiger partial charge in [-0.2, -0.15) is 5.26 Å². The molecule has 0 bridgehead atoms. The lowest BCUT2D eigenvalue weighted by Crippen LogP contribution is -2.31. The van der Waals surface area contributed by atoms with Gasteiger partial charge in [0, 0.05) is 0 Å². The van der Waals surface area contributed by atoms with E-state index < -0.39 is 5.82 Å². The van der Waals surface area contributed by atoms with Crippen LogP contribution in [0.4, 0.5) is 10.1 Å². The Morgan fingerprint density at radius 1 is 1.15 bits per heavy atom. The predicted molar refractivity (Wildman–Crippen MR) is 69.0 cm³/mol. The highest BCUT2D eigenvalue weighted by Crippen LogP contribution is 2.38. The van der Waals surface area contributed by atoms with Crippen LogP contribution in [0.25, 0.3) is 0 Å². The zero-order chi connectivity index (χ0) is 14.3. The van der Waals surface area contributed by atoms with Crippen LogP contribution in [0.15, 0.2) is 30.4 Å². The first kappa shape index (κ1) is 12.5. The van der Waals surface area contributed by atoms with Gasteiger partial charge < -0.3 is 0 Å². The number of halogens is 1. The van der Waals surface area contributed by atoms with Crippen LogP contribution in [0.3, 0.4) is 0 Å². The molecule has 1 saturated heterocycles. The van der Waals surface area contributed by atoms with Crippen molar-refractivity contribution >= 4 is 17.5 Å². The summed E-state index contributed by atoms with van der Waals surface area (Å²) in [6, 6.07) is 5.34. The van der Waals surface area contributed by atoms with Crippen molar-refractivity contribution < 1.29 is 14.0 Å². The van der Waals surface area contributed by atoms with E-state index in [4.69, 9.17) is 5.26 Å². The van der Waals surface area contributed by atoms with Crippen molar-refractivity contribution in [2.45, 2.75) is 12.8 Å². The first-order valence-electron chi connectivity index (χ1n) is 6.36. The van der Waals surface area contributed by atoms with Crippen LogP contribution in [-0.4, -0.2) is 11.8 Å². The number of allylic oxidation sites excluding steroid dienone is 2. The lowest BCUT2D eigenvalue weighted by Gasteiger charge is -2.16. The standard InChI is InChI=1S/C15H11FN2O2/c16-10-5-6-13(9(7-10)8-17)18-14(19)11-3-1-2-4-12(11)15(18)20/h1-2,5-7,11-12H,3-4H2. The van der Waals surface area contributed by atoms with E-state index in [1.807, 2.05) is 18.2 Å². The van der Waals surface area contributed by atoms with Gasteiger partial charge in [-0.25, -0.2) is 9.29 Å². The largest absolute Gasteiger partial charge is 0.274 e. The second-order valence-corrected chi connectivity index (χ2v) is 4.94. The smallest absolute Gasteiger partial charge is 0.238 e. The maximum absolute atomic E-state index is 13.2. The highest BCUT2D eigenvalue weighted by atomic mass is 19.1. The maximum atomic E-state index is 13.2. The van der Waals surface area contributed by atoms with Gasteiger partial charge in [-0.15, -0.1) is 0 Å². The van der Waals surface area contributed by atoms with Gasteiger partial charge in [0.1, 0.15) is 11.9 Å². The minimum atomic E-state index is -0.566.